The van der Waals surface area contributed by atoms with Crippen molar-refractivity contribution in [3.05, 3.63) is 70.3 Å². The molecular formula is C31H38ClN2O4S-. The van der Waals surface area contributed by atoms with Crippen molar-refractivity contribution in [3.8, 4) is 5.75 Å². The molecule has 4 atom stereocenters. The third-order valence-corrected chi connectivity index (χ3v) is 9.74. The molecule has 0 saturated heterocycles. The van der Waals surface area contributed by atoms with Crippen LogP contribution in [0.5, 0.6) is 5.75 Å². The van der Waals surface area contributed by atoms with E-state index in [1.165, 1.54) is 11.1 Å². The molecule has 0 bridgehead atoms. The van der Waals surface area contributed by atoms with Crippen molar-refractivity contribution in [2.45, 2.75) is 56.5 Å². The number of allylic oxidation sites excluding steroid dienone is 1. The van der Waals surface area contributed by atoms with Crippen LogP contribution in [0.15, 0.2) is 48.6 Å². The number of halogens is 1. The number of hydrogen-bond donors (Lipinski definition) is 1. The van der Waals surface area contributed by atoms with Crippen molar-refractivity contribution in [1.82, 2.24) is 0 Å². The van der Waals surface area contributed by atoms with Crippen LogP contribution in [0.3, 0.4) is 0 Å². The summed E-state index contributed by atoms with van der Waals surface area (Å²) in [6, 6.07) is 12.1. The first-order chi connectivity index (χ1) is 18.9. The molecule has 2 aromatic rings. The first-order valence-corrected chi connectivity index (χ1v) is 15.7. The standard InChI is InChI=1S/C31H38ClN2O4S/c1-37-29(7-3-2-4-15-39(33)36)26-11-9-24(26)18-34-20-31(14-5-6-23-17-25(32)10-12-27(23)31)21-38-30-13-8-22(19-35)16-28(30)34/h3,7-8,10,12-13,16-17,19,24,26,29,33H,2,4-6,9,11,14-15,18,20-21H2,1H3/q-1/b7-3+/t24-,26+,29-,31-/m0/s1. The van der Waals surface area contributed by atoms with Crippen LogP contribution in [0.2, 0.25) is 5.02 Å². The number of nitrogens with zero attached hydrogens (tertiary/aromatic N) is 1. The molecule has 2 aliphatic carbocycles. The number of aryl methyl sites for hydroxylation is 1. The van der Waals surface area contributed by atoms with E-state index in [9.17, 15) is 9.00 Å². The van der Waals surface area contributed by atoms with Crippen molar-refractivity contribution in [1.29, 1.82) is 4.78 Å². The third-order valence-electron chi connectivity index (χ3n) is 8.85. The number of unbranched alkanes of at least 4 members (excludes halogenated alkanes) is 1. The molecular weight excluding hydrogens is 532 g/mol. The van der Waals surface area contributed by atoms with Crippen LogP contribution in [0.25, 0.3) is 0 Å². The number of nitrogens with one attached hydrogen (secondary N) is 1. The summed E-state index contributed by atoms with van der Waals surface area (Å²) in [4.78, 5) is 14.2. The molecule has 2 aromatic carbocycles. The van der Waals surface area contributed by atoms with Gasteiger partial charge in [-0.15, -0.1) is 0 Å². The van der Waals surface area contributed by atoms with Crippen LogP contribution in [-0.2, 0) is 31.4 Å². The molecule has 8 heteroatoms. The number of carbonyl (C=O) groups excluding carboxylic acids is 1. The van der Waals surface area contributed by atoms with Gasteiger partial charge < -0.3 is 23.4 Å². The molecule has 0 amide bonds. The quantitative estimate of drug-likeness (QED) is 0.148. The SMILES string of the molecule is CO[C@@H](/C=C/CCC[S-](=N)=O)[C@@H]1CC[C@H]1CN1C[C@@]2(CCCc3cc(Cl)ccc32)COc2ccc(C=O)cc21. The van der Waals surface area contributed by atoms with E-state index in [1.54, 1.807) is 7.11 Å². The monoisotopic (exact) mass is 569 g/mol. The summed E-state index contributed by atoms with van der Waals surface area (Å²) in [5.74, 6) is 2.11. The number of benzene rings is 2. The van der Waals surface area contributed by atoms with Crippen LogP contribution < -0.4 is 9.64 Å². The summed E-state index contributed by atoms with van der Waals surface area (Å²) in [7, 11) is 0.279. The van der Waals surface area contributed by atoms with E-state index in [2.05, 4.69) is 29.2 Å². The molecule has 1 spiro atoms. The number of methoxy groups -OCH3 is 1. The molecule has 210 valence electrons. The molecule has 1 saturated carbocycles. The Balaban J connectivity index is 1.40. The zero-order valence-corrected chi connectivity index (χ0v) is 24.1. The molecule has 3 aliphatic rings. The molecule has 0 aromatic heterocycles. The van der Waals surface area contributed by atoms with Gasteiger partial charge in [-0.1, -0.05) is 42.0 Å². The Morgan fingerprint density at radius 2 is 2.15 bits per heavy atom. The van der Waals surface area contributed by atoms with Crippen LogP contribution in [-0.4, -0.2) is 44.9 Å². The van der Waals surface area contributed by atoms with E-state index in [0.717, 1.165) is 80.8 Å². The number of anilines is 1. The van der Waals surface area contributed by atoms with Crippen molar-refractivity contribution < 1.29 is 18.5 Å². The average molecular weight is 570 g/mol. The molecule has 1 aliphatic heterocycles. The minimum absolute atomic E-state index is 0.0285. The van der Waals surface area contributed by atoms with E-state index in [1.807, 2.05) is 24.3 Å². The van der Waals surface area contributed by atoms with Crippen LogP contribution in [0.1, 0.15) is 60.0 Å². The minimum atomic E-state index is -1.49. The molecule has 0 radical (unpaired) electrons. The molecule has 1 N–H and O–H groups in total. The molecule has 1 heterocycles. The summed E-state index contributed by atoms with van der Waals surface area (Å²) >= 11 is 6.38. The second kappa shape index (κ2) is 12.4. The molecule has 6 nitrogen and oxygen atoms in total. The van der Waals surface area contributed by atoms with E-state index >= 15 is 0 Å². The first-order valence-electron chi connectivity index (χ1n) is 14.0. The molecule has 0 unspecified atom stereocenters. The van der Waals surface area contributed by atoms with Crippen molar-refractivity contribution in [2.75, 3.05) is 37.5 Å². The fourth-order valence-corrected chi connectivity index (χ4v) is 7.32. The predicted octanol–water partition coefficient (Wildman–Crippen LogP) is 6.73. The lowest BCUT2D eigenvalue weighted by atomic mass is 9.68. The minimum Gasteiger partial charge on any atom is -0.490 e. The number of hydrogen-bond acceptors (Lipinski definition) is 7. The van der Waals surface area contributed by atoms with Crippen molar-refractivity contribution >= 4 is 34.2 Å². The number of aldehydes is 1. The maximum Gasteiger partial charge on any atom is 0.150 e. The lowest BCUT2D eigenvalue weighted by Gasteiger charge is -2.46. The van der Waals surface area contributed by atoms with E-state index in [0.29, 0.717) is 29.8 Å². The fourth-order valence-electron chi connectivity index (χ4n) is 6.70. The third kappa shape index (κ3) is 6.21. The highest BCUT2D eigenvalue weighted by Gasteiger charge is 2.44. The van der Waals surface area contributed by atoms with Gasteiger partial charge in [-0.3, -0.25) is 4.79 Å². The van der Waals surface area contributed by atoms with E-state index in [4.69, 9.17) is 25.9 Å². The van der Waals surface area contributed by atoms with Crippen LogP contribution in [0, 0.1) is 16.6 Å². The first kappa shape index (κ1) is 28.2. The number of carbonyl (C=O) groups is 1. The fraction of sp³-hybridized carbons (Fsp3) is 0.516. The maximum atomic E-state index is 11.7. The maximum absolute atomic E-state index is 11.7. The largest absolute Gasteiger partial charge is 0.490 e. The Morgan fingerprint density at radius 1 is 1.28 bits per heavy atom. The highest BCUT2D eigenvalue weighted by Crippen LogP contribution is 2.46. The summed E-state index contributed by atoms with van der Waals surface area (Å²) in [5, 5.41) is 0.778. The van der Waals surface area contributed by atoms with Gasteiger partial charge in [-0.2, -0.15) is 10.6 Å². The van der Waals surface area contributed by atoms with E-state index in [-0.39, 0.29) is 11.5 Å². The van der Waals surface area contributed by atoms with Gasteiger partial charge in [0.1, 0.15) is 12.0 Å². The van der Waals surface area contributed by atoms with Crippen LogP contribution >= 0.6 is 11.6 Å². The topological polar surface area (TPSA) is 79.7 Å². The summed E-state index contributed by atoms with van der Waals surface area (Å²) < 4.78 is 30.7. The predicted molar refractivity (Wildman–Crippen MR) is 157 cm³/mol. The molecule has 39 heavy (non-hydrogen) atoms. The van der Waals surface area contributed by atoms with Crippen molar-refractivity contribution in [2.24, 2.45) is 11.8 Å². The number of ether oxygens (including phenoxy) is 2. The second-order valence-electron chi connectivity index (χ2n) is 11.3. The van der Waals surface area contributed by atoms with Crippen molar-refractivity contribution in [3.63, 3.8) is 0 Å². The number of rotatable bonds is 10. The van der Waals surface area contributed by atoms with Gasteiger partial charge in [0.05, 0.1) is 18.4 Å². The summed E-state index contributed by atoms with van der Waals surface area (Å²) in [5.41, 5.74) is 4.16. The Bertz CT molecular complexity index is 1290. The highest BCUT2D eigenvalue weighted by atomic mass is 35.5. The van der Waals surface area contributed by atoms with Gasteiger partial charge in [0, 0.05) is 36.2 Å². The summed E-state index contributed by atoms with van der Waals surface area (Å²) in [6.07, 6.45) is 12.2. The average Bonchev–Trinajstić information content (AvgIpc) is 3.06. The highest BCUT2D eigenvalue weighted by molar-refractivity contribution is 7.73. The van der Waals surface area contributed by atoms with Crippen LogP contribution in [0.4, 0.5) is 5.69 Å². The normalized spacial score (nSPS) is 25.1. The lowest BCUT2D eigenvalue weighted by Crippen LogP contribution is -2.49. The zero-order chi connectivity index (χ0) is 27.4. The Labute approximate surface area is 238 Å². The van der Waals surface area contributed by atoms with Gasteiger partial charge in [0.2, 0.25) is 0 Å². The second-order valence-corrected chi connectivity index (χ2v) is 12.8. The Morgan fingerprint density at radius 3 is 2.90 bits per heavy atom. The molecule has 1 fully saturated rings. The summed E-state index contributed by atoms with van der Waals surface area (Å²) in [6.45, 7) is 2.31. The van der Waals surface area contributed by atoms with Gasteiger partial charge >= 0.3 is 0 Å². The number of fused-ring (bicyclic) bond motifs is 3. The lowest BCUT2D eigenvalue weighted by molar-refractivity contribution is 0.0132. The Hall–Kier alpha value is -2.35. The van der Waals surface area contributed by atoms with Gasteiger partial charge in [-0.25, -0.2) is 0 Å². The van der Waals surface area contributed by atoms with E-state index < -0.39 is 10.6 Å². The van der Waals surface area contributed by atoms with Gasteiger partial charge in [0.25, 0.3) is 0 Å². The molecule has 5 rings (SSSR count). The Kier molecular flexibility index (Phi) is 8.99. The zero-order valence-electron chi connectivity index (χ0n) is 22.6. The van der Waals surface area contributed by atoms with Gasteiger partial charge in [-0.05, 0) is 91.8 Å². The van der Waals surface area contributed by atoms with Gasteiger partial charge in [0.15, 0.2) is 0 Å². The smallest absolute Gasteiger partial charge is 0.150 e.